The summed E-state index contributed by atoms with van der Waals surface area (Å²) in [5, 5.41) is 3.16. The topological polar surface area (TPSA) is 60.5 Å². The summed E-state index contributed by atoms with van der Waals surface area (Å²) in [6, 6.07) is 7.03. The van der Waals surface area contributed by atoms with E-state index in [0.717, 1.165) is 5.56 Å². The van der Waals surface area contributed by atoms with Crippen molar-refractivity contribution in [3.05, 3.63) is 52.8 Å². The van der Waals surface area contributed by atoms with Crippen molar-refractivity contribution in [2.24, 2.45) is 0 Å². The molecular formula is C15H15ClN2O3. The number of carbonyl (C=O) groups is 1. The van der Waals surface area contributed by atoms with E-state index in [2.05, 4.69) is 10.3 Å². The second-order valence-electron chi connectivity index (χ2n) is 4.23. The van der Waals surface area contributed by atoms with Crippen LogP contribution in [-0.4, -0.2) is 25.1 Å². The molecule has 5 nitrogen and oxygen atoms in total. The highest BCUT2D eigenvalue weighted by Crippen LogP contribution is 2.27. The van der Waals surface area contributed by atoms with Crippen molar-refractivity contribution in [2.45, 2.75) is 6.54 Å². The number of rotatable bonds is 5. The van der Waals surface area contributed by atoms with Crippen molar-refractivity contribution in [1.82, 2.24) is 10.3 Å². The molecule has 0 spiro atoms. The monoisotopic (exact) mass is 306 g/mol. The van der Waals surface area contributed by atoms with E-state index >= 15 is 0 Å². The summed E-state index contributed by atoms with van der Waals surface area (Å²) in [7, 11) is 3.14. The molecule has 0 aliphatic heterocycles. The van der Waals surface area contributed by atoms with E-state index in [0.29, 0.717) is 28.6 Å². The van der Waals surface area contributed by atoms with Crippen LogP contribution in [-0.2, 0) is 6.54 Å². The van der Waals surface area contributed by atoms with E-state index in [1.165, 1.54) is 12.4 Å². The second-order valence-corrected chi connectivity index (χ2v) is 4.63. The van der Waals surface area contributed by atoms with Crippen LogP contribution < -0.4 is 14.8 Å². The average Bonchev–Trinajstić information content (AvgIpc) is 2.52. The Kier molecular flexibility index (Phi) is 5.00. The predicted octanol–water partition coefficient (Wildman–Crippen LogP) is 2.68. The predicted molar refractivity (Wildman–Crippen MR) is 80.0 cm³/mol. The Bertz CT molecular complexity index is 647. The molecule has 1 N–H and O–H groups in total. The van der Waals surface area contributed by atoms with Gasteiger partial charge in [0.15, 0.2) is 11.5 Å². The number of methoxy groups -OCH3 is 2. The molecule has 1 aromatic heterocycles. The molecule has 0 bridgehead atoms. The van der Waals surface area contributed by atoms with E-state index in [9.17, 15) is 4.79 Å². The van der Waals surface area contributed by atoms with Gasteiger partial charge in [-0.2, -0.15) is 0 Å². The molecule has 1 amide bonds. The molecule has 0 saturated carbocycles. The van der Waals surface area contributed by atoms with Crippen molar-refractivity contribution in [3.63, 3.8) is 0 Å². The molecule has 0 saturated heterocycles. The minimum atomic E-state index is -0.275. The Labute approximate surface area is 127 Å². The van der Waals surface area contributed by atoms with Crippen LogP contribution in [0.15, 0.2) is 36.7 Å². The number of nitrogens with one attached hydrogen (secondary N) is 1. The molecule has 0 fully saturated rings. The maximum Gasteiger partial charge on any atom is 0.254 e. The number of ether oxygens (including phenoxy) is 2. The number of carbonyl (C=O) groups excluding carboxylic acids is 1. The standard InChI is InChI=1S/C15H15ClN2O3/c1-20-13-4-3-10(7-14(13)21-2)8-18-15(19)11-9-17-6-5-12(11)16/h3-7,9H,8H2,1-2H3,(H,18,19). The van der Waals surface area contributed by atoms with Crippen LogP contribution in [0.4, 0.5) is 0 Å². The van der Waals surface area contributed by atoms with Crippen molar-refractivity contribution in [2.75, 3.05) is 14.2 Å². The largest absolute Gasteiger partial charge is 0.493 e. The molecule has 6 heteroatoms. The summed E-state index contributed by atoms with van der Waals surface area (Å²) >= 11 is 5.95. The van der Waals surface area contributed by atoms with E-state index in [4.69, 9.17) is 21.1 Å². The molecular weight excluding hydrogens is 292 g/mol. The lowest BCUT2D eigenvalue weighted by atomic mass is 10.2. The van der Waals surface area contributed by atoms with Crippen molar-refractivity contribution in [3.8, 4) is 11.5 Å². The molecule has 21 heavy (non-hydrogen) atoms. The smallest absolute Gasteiger partial charge is 0.254 e. The first kappa shape index (κ1) is 15.1. The number of nitrogens with zero attached hydrogens (tertiary/aromatic N) is 1. The molecule has 0 atom stereocenters. The van der Waals surface area contributed by atoms with Gasteiger partial charge in [-0.05, 0) is 23.8 Å². The number of hydrogen-bond acceptors (Lipinski definition) is 4. The zero-order valence-electron chi connectivity index (χ0n) is 11.7. The Morgan fingerprint density at radius 1 is 1.24 bits per heavy atom. The number of amides is 1. The lowest BCUT2D eigenvalue weighted by Gasteiger charge is -2.10. The van der Waals surface area contributed by atoms with Crippen LogP contribution in [0.1, 0.15) is 15.9 Å². The second kappa shape index (κ2) is 6.95. The maximum absolute atomic E-state index is 12.0. The van der Waals surface area contributed by atoms with Gasteiger partial charge in [0.2, 0.25) is 0 Å². The Morgan fingerprint density at radius 2 is 2.00 bits per heavy atom. The zero-order valence-corrected chi connectivity index (χ0v) is 12.5. The molecule has 1 aromatic carbocycles. The molecule has 1 heterocycles. The van der Waals surface area contributed by atoms with Gasteiger partial charge in [-0.25, -0.2) is 0 Å². The van der Waals surface area contributed by atoms with Crippen LogP contribution in [0.3, 0.4) is 0 Å². The minimum Gasteiger partial charge on any atom is -0.493 e. The quantitative estimate of drug-likeness (QED) is 0.922. The van der Waals surface area contributed by atoms with Gasteiger partial charge in [-0.15, -0.1) is 0 Å². The summed E-state index contributed by atoms with van der Waals surface area (Å²) in [5.41, 5.74) is 1.24. The van der Waals surface area contributed by atoms with E-state index in [1.54, 1.807) is 26.4 Å². The molecule has 0 radical (unpaired) electrons. The third kappa shape index (κ3) is 3.64. The highest BCUT2D eigenvalue weighted by atomic mass is 35.5. The average molecular weight is 307 g/mol. The number of hydrogen-bond donors (Lipinski definition) is 1. The van der Waals surface area contributed by atoms with Crippen molar-refractivity contribution < 1.29 is 14.3 Å². The summed E-state index contributed by atoms with van der Waals surface area (Å²) < 4.78 is 10.4. The van der Waals surface area contributed by atoms with Crippen LogP contribution >= 0.6 is 11.6 Å². The first-order chi connectivity index (χ1) is 10.2. The first-order valence-corrected chi connectivity index (χ1v) is 6.62. The summed E-state index contributed by atoms with van der Waals surface area (Å²) in [4.78, 5) is 15.9. The number of benzene rings is 1. The van der Waals surface area contributed by atoms with Crippen molar-refractivity contribution in [1.29, 1.82) is 0 Å². The minimum absolute atomic E-state index is 0.275. The van der Waals surface area contributed by atoms with Gasteiger partial charge in [0.1, 0.15) is 0 Å². The first-order valence-electron chi connectivity index (χ1n) is 6.24. The fourth-order valence-corrected chi connectivity index (χ4v) is 2.00. The number of halogens is 1. The summed E-state index contributed by atoms with van der Waals surface area (Å²) in [6.07, 6.45) is 2.97. The fourth-order valence-electron chi connectivity index (χ4n) is 1.81. The normalized spacial score (nSPS) is 10.0. The Balaban J connectivity index is 2.06. The molecule has 0 aliphatic carbocycles. The van der Waals surface area contributed by atoms with Gasteiger partial charge in [0, 0.05) is 18.9 Å². The van der Waals surface area contributed by atoms with Crippen LogP contribution in [0.2, 0.25) is 5.02 Å². The lowest BCUT2D eigenvalue weighted by molar-refractivity contribution is 0.0950. The van der Waals surface area contributed by atoms with Crippen LogP contribution in [0.25, 0.3) is 0 Å². The molecule has 0 aliphatic rings. The number of aromatic nitrogens is 1. The third-order valence-electron chi connectivity index (χ3n) is 2.91. The molecule has 2 rings (SSSR count). The van der Waals surface area contributed by atoms with Crippen LogP contribution in [0.5, 0.6) is 11.5 Å². The van der Waals surface area contributed by atoms with Gasteiger partial charge < -0.3 is 14.8 Å². The summed E-state index contributed by atoms with van der Waals surface area (Å²) in [6.45, 7) is 0.352. The molecule has 2 aromatic rings. The van der Waals surface area contributed by atoms with E-state index in [1.807, 2.05) is 12.1 Å². The van der Waals surface area contributed by atoms with Gasteiger partial charge in [-0.3, -0.25) is 9.78 Å². The van der Waals surface area contributed by atoms with Crippen LogP contribution in [0, 0.1) is 0 Å². The third-order valence-corrected chi connectivity index (χ3v) is 3.24. The fraction of sp³-hybridized carbons (Fsp3) is 0.200. The SMILES string of the molecule is COc1ccc(CNC(=O)c2cnccc2Cl)cc1OC. The number of pyridine rings is 1. The zero-order chi connectivity index (χ0) is 15.2. The highest BCUT2D eigenvalue weighted by molar-refractivity contribution is 6.33. The molecule has 110 valence electrons. The molecule has 0 unspecified atom stereocenters. The van der Waals surface area contributed by atoms with Gasteiger partial charge >= 0.3 is 0 Å². The highest BCUT2D eigenvalue weighted by Gasteiger charge is 2.10. The Hall–Kier alpha value is -2.27. The maximum atomic E-state index is 12.0. The Morgan fingerprint density at radius 3 is 2.67 bits per heavy atom. The van der Waals surface area contributed by atoms with Gasteiger partial charge in [-0.1, -0.05) is 17.7 Å². The van der Waals surface area contributed by atoms with E-state index < -0.39 is 0 Å². The lowest BCUT2D eigenvalue weighted by Crippen LogP contribution is -2.23. The summed E-state index contributed by atoms with van der Waals surface area (Å²) in [5.74, 6) is 0.981. The van der Waals surface area contributed by atoms with Crippen molar-refractivity contribution >= 4 is 17.5 Å². The van der Waals surface area contributed by atoms with E-state index in [-0.39, 0.29) is 5.91 Å². The van der Waals surface area contributed by atoms with Gasteiger partial charge in [0.05, 0.1) is 24.8 Å². The van der Waals surface area contributed by atoms with Gasteiger partial charge in [0.25, 0.3) is 5.91 Å².